The Hall–Kier alpha value is -3.45. The smallest absolute Gasteiger partial charge is 0.145 e. The summed E-state index contributed by atoms with van der Waals surface area (Å²) in [7, 11) is 1.95. The van der Waals surface area contributed by atoms with E-state index in [1.807, 2.05) is 24.0 Å². The summed E-state index contributed by atoms with van der Waals surface area (Å²) in [4.78, 5) is 14.3. The van der Waals surface area contributed by atoms with Crippen LogP contribution in [0.15, 0.2) is 61.8 Å². The highest BCUT2D eigenvalue weighted by Gasteiger charge is 2.21. The minimum atomic E-state index is 0.684. The quantitative estimate of drug-likeness (QED) is 0.311. The van der Waals surface area contributed by atoms with Crippen LogP contribution in [0.25, 0.3) is 22.2 Å². The van der Waals surface area contributed by atoms with Crippen LogP contribution < -0.4 is 4.90 Å². The zero-order valence-corrected chi connectivity index (χ0v) is 21.8. The molecule has 0 unspecified atom stereocenters. The van der Waals surface area contributed by atoms with Crippen molar-refractivity contribution in [2.45, 2.75) is 39.8 Å². The molecule has 4 heterocycles. The highest BCUT2D eigenvalue weighted by molar-refractivity contribution is 5.87. The topological polar surface area (TPSA) is 55.0 Å². The Morgan fingerprint density at radius 3 is 2.67 bits per heavy atom. The number of likely N-dealkylation sites (tertiary alicyclic amines) is 1. The Balaban J connectivity index is 1.33. The molecule has 0 radical (unpaired) electrons. The van der Waals surface area contributed by atoms with Crippen LogP contribution in [-0.2, 0) is 20.1 Å². The minimum Gasteiger partial charge on any atom is -0.352 e. The third-order valence-corrected chi connectivity index (χ3v) is 7.51. The van der Waals surface area contributed by atoms with Crippen molar-refractivity contribution in [3.8, 4) is 11.1 Å². The third kappa shape index (κ3) is 5.07. The zero-order chi connectivity index (χ0) is 25.1. The summed E-state index contributed by atoms with van der Waals surface area (Å²) < 4.78 is 4.17. The number of fused-ring (bicyclic) bond motifs is 1. The second-order valence-electron chi connectivity index (χ2n) is 9.99. The van der Waals surface area contributed by atoms with Crippen LogP contribution in [0.5, 0.6) is 0 Å². The summed E-state index contributed by atoms with van der Waals surface area (Å²) in [5, 5.41) is 5.44. The van der Waals surface area contributed by atoms with Gasteiger partial charge in [0.1, 0.15) is 17.8 Å². The molecule has 0 amide bonds. The van der Waals surface area contributed by atoms with E-state index in [9.17, 15) is 0 Å². The third-order valence-electron chi connectivity index (χ3n) is 7.51. The van der Waals surface area contributed by atoms with Gasteiger partial charge in [-0.2, -0.15) is 5.10 Å². The van der Waals surface area contributed by atoms with Crippen molar-refractivity contribution < 1.29 is 0 Å². The molecule has 1 saturated heterocycles. The lowest BCUT2D eigenvalue weighted by Crippen LogP contribution is -2.35. The van der Waals surface area contributed by atoms with Crippen LogP contribution in [0.1, 0.15) is 30.9 Å². The van der Waals surface area contributed by atoms with Crippen molar-refractivity contribution in [1.82, 2.24) is 29.2 Å². The molecule has 1 aliphatic heterocycles. The van der Waals surface area contributed by atoms with Crippen molar-refractivity contribution in [2.24, 2.45) is 13.0 Å². The maximum atomic E-state index is 4.74. The van der Waals surface area contributed by atoms with E-state index >= 15 is 0 Å². The molecule has 7 heteroatoms. The van der Waals surface area contributed by atoms with Gasteiger partial charge in [-0.15, -0.1) is 6.58 Å². The number of nitrogens with zero attached hydrogens (tertiary/aromatic N) is 7. The van der Waals surface area contributed by atoms with E-state index in [2.05, 4.69) is 76.6 Å². The predicted molar refractivity (Wildman–Crippen MR) is 147 cm³/mol. The molecule has 1 fully saturated rings. The number of aromatic nitrogens is 5. The maximum absolute atomic E-state index is 4.74. The summed E-state index contributed by atoms with van der Waals surface area (Å²) in [5.74, 6) is 1.70. The highest BCUT2D eigenvalue weighted by atomic mass is 15.2. The number of hydrogen-bond acceptors (Lipinski definition) is 5. The number of benzene rings is 1. The number of anilines is 1. The molecule has 7 nitrogen and oxygen atoms in total. The molecule has 4 aromatic rings. The van der Waals surface area contributed by atoms with Gasteiger partial charge in [0.2, 0.25) is 0 Å². The maximum Gasteiger partial charge on any atom is 0.145 e. The minimum absolute atomic E-state index is 0.684. The van der Waals surface area contributed by atoms with Crippen molar-refractivity contribution >= 4 is 16.9 Å². The molecule has 1 aliphatic rings. The fourth-order valence-electron chi connectivity index (χ4n) is 5.37. The summed E-state index contributed by atoms with van der Waals surface area (Å²) in [6, 6.07) is 8.88. The molecule has 0 bridgehead atoms. The van der Waals surface area contributed by atoms with Gasteiger partial charge in [-0.25, -0.2) is 9.97 Å². The number of hydrogen-bond donors (Lipinski definition) is 0. The van der Waals surface area contributed by atoms with Crippen LogP contribution in [-0.4, -0.2) is 55.4 Å². The molecule has 0 N–H and O–H groups in total. The van der Waals surface area contributed by atoms with Gasteiger partial charge in [0.25, 0.3) is 0 Å². The van der Waals surface area contributed by atoms with Crippen molar-refractivity contribution in [3.05, 3.63) is 73.0 Å². The summed E-state index contributed by atoms with van der Waals surface area (Å²) in [6.45, 7) is 14.3. The van der Waals surface area contributed by atoms with Crippen molar-refractivity contribution in [2.75, 3.05) is 31.1 Å². The van der Waals surface area contributed by atoms with Gasteiger partial charge in [-0.05, 0) is 68.5 Å². The van der Waals surface area contributed by atoms with Gasteiger partial charge in [0.05, 0.1) is 11.6 Å². The van der Waals surface area contributed by atoms with E-state index in [0.717, 1.165) is 61.7 Å². The van der Waals surface area contributed by atoms with Crippen LogP contribution in [0.4, 0.5) is 5.82 Å². The molecule has 0 aliphatic carbocycles. The van der Waals surface area contributed by atoms with Gasteiger partial charge < -0.3 is 9.47 Å². The first-order valence-corrected chi connectivity index (χ1v) is 13.0. The molecule has 36 heavy (non-hydrogen) atoms. The first-order valence-electron chi connectivity index (χ1n) is 13.0. The Labute approximate surface area is 214 Å². The molecule has 3 aromatic heterocycles. The lowest BCUT2D eigenvalue weighted by Gasteiger charge is -2.31. The van der Waals surface area contributed by atoms with E-state index in [-0.39, 0.29) is 0 Å². The standard InChI is InChI=1S/C29H37N7/c1-5-12-34-13-9-23(10-14-34)18-36-15-11-27-28(30-21-31-29(27)36)35(6-2)20-25-8-7-24(16-22(25)3)26-17-32-33(4)19-26/h5,7-8,11,15-17,19,21,23H,1,6,9-10,12-14,18,20H2,2-4H3. The Kier molecular flexibility index (Phi) is 7.18. The van der Waals surface area contributed by atoms with Crippen molar-refractivity contribution in [1.29, 1.82) is 0 Å². The van der Waals surface area contributed by atoms with Gasteiger partial charge in [0, 0.05) is 51.2 Å². The van der Waals surface area contributed by atoms with E-state index in [1.165, 1.54) is 29.5 Å². The van der Waals surface area contributed by atoms with E-state index in [0.29, 0.717) is 5.92 Å². The molecule has 188 valence electrons. The molecule has 0 saturated carbocycles. The van der Waals surface area contributed by atoms with E-state index in [4.69, 9.17) is 9.97 Å². The molecule has 0 spiro atoms. The number of aryl methyl sites for hydroxylation is 2. The lowest BCUT2D eigenvalue weighted by molar-refractivity contribution is 0.189. The molecule has 5 rings (SSSR count). The van der Waals surface area contributed by atoms with Crippen LogP contribution >= 0.6 is 0 Å². The average Bonchev–Trinajstić information content (AvgIpc) is 3.51. The monoisotopic (exact) mass is 483 g/mol. The fourth-order valence-corrected chi connectivity index (χ4v) is 5.37. The van der Waals surface area contributed by atoms with Gasteiger partial charge in [-0.1, -0.05) is 24.3 Å². The van der Waals surface area contributed by atoms with E-state index < -0.39 is 0 Å². The summed E-state index contributed by atoms with van der Waals surface area (Å²) in [6.07, 6.45) is 12.3. The Bertz CT molecular complexity index is 1330. The number of piperidine rings is 1. The average molecular weight is 484 g/mol. The molecule has 0 atom stereocenters. The normalized spacial score (nSPS) is 15.0. The number of rotatable bonds is 9. The van der Waals surface area contributed by atoms with Crippen LogP contribution in [0.3, 0.4) is 0 Å². The Morgan fingerprint density at radius 1 is 1.14 bits per heavy atom. The second kappa shape index (κ2) is 10.7. The second-order valence-corrected chi connectivity index (χ2v) is 9.99. The van der Waals surface area contributed by atoms with Gasteiger partial charge in [-0.3, -0.25) is 9.58 Å². The Morgan fingerprint density at radius 2 is 1.97 bits per heavy atom. The molecular formula is C29H37N7. The summed E-state index contributed by atoms with van der Waals surface area (Å²) in [5.41, 5.74) is 5.96. The van der Waals surface area contributed by atoms with Crippen molar-refractivity contribution in [3.63, 3.8) is 0 Å². The highest BCUT2D eigenvalue weighted by Crippen LogP contribution is 2.29. The van der Waals surface area contributed by atoms with Crippen LogP contribution in [0.2, 0.25) is 0 Å². The first kappa shape index (κ1) is 24.3. The van der Waals surface area contributed by atoms with Crippen LogP contribution in [0, 0.1) is 12.8 Å². The lowest BCUT2D eigenvalue weighted by atomic mass is 9.97. The molecular weight excluding hydrogens is 446 g/mol. The SMILES string of the molecule is C=CCN1CCC(Cn2ccc3c(N(CC)Cc4ccc(-c5cnn(C)c5)cc4C)ncnc32)CC1. The largest absolute Gasteiger partial charge is 0.352 e. The zero-order valence-electron chi connectivity index (χ0n) is 21.8. The summed E-state index contributed by atoms with van der Waals surface area (Å²) >= 11 is 0. The molecule has 1 aromatic carbocycles. The first-order chi connectivity index (χ1) is 17.6. The van der Waals surface area contributed by atoms with Gasteiger partial charge >= 0.3 is 0 Å². The predicted octanol–water partition coefficient (Wildman–Crippen LogP) is 5.06. The van der Waals surface area contributed by atoms with E-state index in [1.54, 1.807) is 6.33 Å². The van der Waals surface area contributed by atoms with Gasteiger partial charge in [0.15, 0.2) is 0 Å². The fraction of sp³-hybridized carbons (Fsp3) is 0.414.